The Morgan fingerprint density at radius 2 is 1.84 bits per heavy atom. The van der Waals surface area contributed by atoms with E-state index in [1.54, 1.807) is 18.2 Å². The fourth-order valence-electron chi connectivity index (χ4n) is 8.96. The molecular weight excluding hydrogens is 483 g/mol. The zero-order valence-corrected chi connectivity index (χ0v) is 21.6. The lowest BCUT2D eigenvalue weighted by Gasteiger charge is -2.64. The minimum absolute atomic E-state index is 0.0346. The Hall–Kier alpha value is -2.64. The molecule has 38 heavy (non-hydrogen) atoms. The van der Waals surface area contributed by atoms with E-state index >= 15 is 0 Å². The first-order valence-corrected chi connectivity index (χ1v) is 14.4. The molecule has 2 saturated heterocycles. The molecule has 3 aliphatic carbocycles. The van der Waals surface area contributed by atoms with Gasteiger partial charge in [-0.1, -0.05) is 18.2 Å². The molecule has 3 heterocycles. The van der Waals surface area contributed by atoms with Gasteiger partial charge in [0, 0.05) is 30.6 Å². The second-order valence-corrected chi connectivity index (χ2v) is 12.7. The Balaban J connectivity index is 1.14. The standard InChI is InChI=1S/C31H35FN2O4/c32-22-6-3-18(4-7-22)15-21-10-13-34(29(21)36)23-9-11-31(37)25-16-20-5-8-24(35)27-26(20)30(31,28(23)38-27)12-14-33(25)17-19-1-2-19/h3-8,19,21,23,25,28,35,37H,1-2,9-17H2/t21?,23-,25-,28-,30-,31+/m0/s1. The fourth-order valence-corrected chi connectivity index (χ4v) is 8.96. The van der Waals surface area contributed by atoms with Crippen molar-refractivity contribution >= 4 is 5.91 Å². The molecule has 0 radical (unpaired) electrons. The number of hydrogen-bond acceptors (Lipinski definition) is 5. The lowest BCUT2D eigenvalue weighted by molar-refractivity contribution is -0.200. The number of carbonyl (C=O) groups excluding carboxylic acids is 1. The number of carbonyl (C=O) groups is 1. The van der Waals surface area contributed by atoms with Gasteiger partial charge in [0.15, 0.2) is 11.5 Å². The van der Waals surface area contributed by atoms with E-state index in [0.717, 1.165) is 49.4 Å². The largest absolute Gasteiger partial charge is 0.504 e. The molecule has 6 aliphatic rings. The van der Waals surface area contributed by atoms with E-state index in [0.29, 0.717) is 31.6 Å². The SMILES string of the molecule is O=C1C(Cc2ccc(F)cc2)CCN1[C@H]1CC[C@@]2(O)[C@@H]3Cc4ccc(O)c5c4[C@@]2(CCN3CC2CC2)[C@H]1O5. The number of phenols is 1. The van der Waals surface area contributed by atoms with Gasteiger partial charge in [0.25, 0.3) is 0 Å². The molecule has 1 spiro atoms. The van der Waals surface area contributed by atoms with Crippen LogP contribution in [-0.2, 0) is 23.1 Å². The van der Waals surface area contributed by atoms with E-state index in [1.165, 1.54) is 30.5 Å². The highest BCUT2D eigenvalue weighted by Crippen LogP contribution is 2.66. The molecule has 2 saturated carbocycles. The Morgan fingerprint density at radius 1 is 1.03 bits per heavy atom. The van der Waals surface area contributed by atoms with Gasteiger partial charge in [-0.05, 0) is 93.2 Å². The van der Waals surface area contributed by atoms with E-state index < -0.39 is 11.0 Å². The normalized spacial score (nSPS) is 37.3. The molecule has 200 valence electrons. The third kappa shape index (κ3) is 3.03. The van der Waals surface area contributed by atoms with Crippen LogP contribution in [0.2, 0.25) is 0 Å². The molecule has 4 fully saturated rings. The van der Waals surface area contributed by atoms with Crippen LogP contribution in [0.1, 0.15) is 55.2 Å². The van der Waals surface area contributed by atoms with E-state index in [1.807, 2.05) is 11.0 Å². The van der Waals surface area contributed by atoms with Crippen LogP contribution in [0.3, 0.4) is 0 Å². The van der Waals surface area contributed by atoms with Crippen molar-refractivity contribution in [3.63, 3.8) is 0 Å². The van der Waals surface area contributed by atoms with Gasteiger partial charge in [-0.25, -0.2) is 4.39 Å². The van der Waals surface area contributed by atoms with Crippen LogP contribution in [0.25, 0.3) is 0 Å². The second kappa shape index (κ2) is 7.95. The summed E-state index contributed by atoms with van der Waals surface area (Å²) >= 11 is 0. The molecule has 0 aromatic heterocycles. The van der Waals surface area contributed by atoms with E-state index in [4.69, 9.17) is 4.74 Å². The lowest BCUT2D eigenvalue weighted by atomic mass is 9.48. The van der Waals surface area contributed by atoms with E-state index in [9.17, 15) is 19.4 Å². The second-order valence-electron chi connectivity index (χ2n) is 12.7. The number of amides is 1. The summed E-state index contributed by atoms with van der Waals surface area (Å²) < 4.78 is 20.1. The quantitative estimate of drug-likeness (QED) is 0.634. The maximum atomic E-state index is 13.8. The van der Waals surface area contributed by atoms with Gasteiger partial charge in [-0.2, -0.15) is 0 Å². The zero-order valence-electron chi connectivity index (χ0n) is 21.6. The molecule has 2 aromatic rings. The van der Waals surface area contributed by atoms with Crippen LogP contribution in [0, 0.1) is 17.7 Å². The van der Waals surface area contributed by atoms with Gasteiger partial charge in [0.1, 0.15) is 11.9 Å². The van der Waals surface area contributed by atoms with Gasteiger partial charge < -0.3 is 19.8 Å². The number of benzene rings is 2. The van der Waals surface area contributed by atoms with Gasteiger partial charge in [0.2, 0.25) is 5.91 Å². The fraction of sp³-hybridized carbons (Fsp3) is 0.581. The predicted molar refractivity (Wildman–Crippen MR) is 139 cm³/mol. The maximum absolute atomic E-state index is 13.8. The zero-order chi connectivity index (χ0) is 25.8. The minimum Gasteiger partial charge on any atom is -0.504 e. The Kier molecular flexibility index (Phi) is 4.87. The molecule has 7 heteroatoms. The Labute approximate surface area is 222 Å². The summed E-state index contributed by atoms with van der Waals surface area (Å²) in [7, 11) is 0. The summed E-state index contributed by atoms with van der Waals surface area (Å²) in [6.07, 6.45) is 6.43. The number of likely N-dealkylation sites (tertiary alicyclic amines) is 2. The molecule has 1 amide bonds. The number of piperidine rings is 1. The van der Waals surface area contributed by atoms with Gasteiger partial charge in [-0.3, -0.25) is 9.69 Å². The first-order valence-electron chi connectivity index (χ1n) is 14.4. The maximum Gasteiger partial charge on any atom is 0.226 e. The Morgan fingerprint density at radius 3 is 2.63 bits per heavy atom. The number of ether oxygens (including phenoxy) is 1. The Bertz CT molecular complexity index is 1310. The number of nitrogens with zero attached hydrogens (tertiary/aromatic N) is 2. The molecule has 2 N–H and O–H groups in total. The van der Waals surface area contributed by atoms with E-state index in [2.05, 4.69) is 4.90 Å². The number of rotatable bonds is 5. The van der Waals surface area contributed by atoms with E-state index in [-0.39, 0.29) is 41.6 Å². The third-order valence-corrected chi connectivity index (χ3v) is 10.9. The summed E-state index contributed by atoms with van der Waals surface area (Å²) in [6.45, 7) is 2.62. The van der Waals surface area contributed by atoms with Crippen LogP contribution in [-0.4, -0.2) is 69.3 Å². The van der Waals surface area contributed by atoms with Crippen molar-refractivity contribution < 1.29 is 24.1 Å². The predicted octanol–water partition coefficient (Wildman–Crippen LogP) is 3.56. The first-order chi connectivity index (χ1) is 18.4. The number of aromatic hydroxyl groups is 1. The molecule has 3 aliphatic heterocycles. The number of aliphatic hydroxyl groups is 1. The van der Waals surface area contributed by atoms with Crippen LogP contribution >= 0.6 is 0 Å². The summed E-state index contributed by atoms with van der Waals surface area (Å²) in [6, 6.07) is 10.1. The van der Waals surface area contributed by atoms with Crippen LogP contribution in [0.5, 0.6) is 11.5 Å². The first kappa shape index (κ1) is 23.3. The van der Waals surface area contributed by atoms with Crippen LogP contribution < -0.4 is 4.74 Å². The molecule has 1 unspecified atom stereocenters. The van der Waals surface area contributed by atoms with Gasteiger partial charge >= 0.3 is 0 Å². The summed E-state index contributed by atoms with van der Waals surface area (Å²) in [5.74, 6) is 1.14. The average molecular weight is 519 g/mol. The topological polar surface area (TPSA) is 73.2 Å². The highest BCUT2D eigenvalue weighted by Gasteiger charge is 2.73. The van der Waals surface area contributed by atoms with Crippen molar-refractivity contribution in [2.24, 2.45) is 11.8 Å². The minimum atomic E-state index is -0.941. The third-order valence-electron chi connectivity index (χ3n) is 10.9. The highest BCUT2D eigenvalue weighted by molar-refractivity contribution is 5.82. The van der Waals surface area contributed by atoms with Gasteiger partial charge in [0.05, 0.1) is 17.1 Å². The van der Waals surface area contributed by atoms with Crippen molar-refractivity contribution in [2.45, 2.75) is 80.6 Å². The molecule has 2 bridgehead atoms. The average Bonchev–Trinajstić information content (AvgIpc) is 3.55. The molecule has 2 aromatic carbocycles. The molecule has 8 rings (SSSR count). The van der Waals surface area contributed by atoms with Crippen molar-refractivity contribution in [1.29, 1.82) is 0 Å². The van der Waals surface area contributed by atoms with Crippen molar-refractivity contribution in [2.75, 3.05) is 19.6 Å². The number of halogens is 1. The van der Waals surface area contributed by atoms with Crippen molar-refractivity contribution in [3.05, 3.63) is 58.9 Å². The molecule has 6 atom stereocenters. The monoisotopic (exact) mass is 518 g/mol. The molecular formula is C31H35FN2O4. The number of hydrogen-bond donors (Lipinski definition) is 2. The number of phenolic OH excluding ortho intramolecular Hbond substituents is 1. The highest BCUT2D eigenvalue weighted by atomic mass is 19.1. The summed E-state index contributed by atoms with van der Waals surface area (Å²) in [4.78, 5) is 18.3. The van der Waals surface area contributed by atoms with Crippen LogP contribution in [0.15, 0.2) is 36.4 Å². The molecule has 6 nitrogen and oxygen atoms in total. The van der Waals surface area contributed by atoms with Crippen LogP contribution in [0.4, 0.5) is 4.39 Å². The lowest BCUT2D eigenvalue weighted by Crippen LogP contribution is -2.78. The smallest absolute Gasteiger partial charge is 0.226 e. The van der Waals surface area contributed by atoms with Crippen molar-refractivity contribution in [1.82, 2.24) is 9.80 Å². The van der Waals surface area contributed by atoms with Gasteiger partial charge in [-0.15, -0.1) is 0 Å². The summed E-state index contributed by atoms with van der Waals surface area (Å²) in [5, 5.41) is 23.5. The van der Waals surface area contributed by atoms with Crippen molar-refractivity contribution in [3.8, 4) is 11.5 Å². The summed E-state index contributed by atoms with van der Waals surface area (Å²) in [5.41, 5.74) is 1.60.